The van der Waals surface area contributed by atoms with Gasteiger partial charge in [0.25, 0.3) is 0 Å². The summed E-state index contributed by atoms with van der Waals surface area (Å²) in [5.41, 5.74) is 5.75. The molecule has 0 aliphatic carbocycles. The Morgan fingerprint density at radius 3 is 2.69 bits per heavy atom. The molecule has 0 saturated heterocycles. The van der Waals surface area contributed by atoms with Gasteiger partial charge in [-0.2, -0.15) is 0 Å². The highest BCUT2D eigenvalue weighted by molar-refractivity contribution is 9.10. The largest absolute Gasteiger partial charge is 0.458 e. The molecule has 0 radical (unpaired) electrons. The van der Waals surface area contributed by atoms with Crippen LogP contribution in [0.4, 0.5) is 14.5 Å². The van der Waals surface area contributed by atoms with Crippen LogP contribution in [0.5, 0.6) is 5.75 Å². The Morgan fingerprint density at radius 1 is 1.54 bits per heavy atom. The highest BCUT2D eigenvalue weighted by Gasteiger charge is 2.09. The summed E-state index contributed by atoms with van der Waals surface area (Å²) in [6.07, 6.45) is -1.56. The van der Waals surface area contributed by atoms with E-state index in [1.807, 2.05) is 0 Å². The lowest BCUT2D eigenvalue weighted by molar-refractivity contribution is 0.0815. The number of nitrogens with two attached hydrogens (primary N) is 1. The number of nitrogen functional groups attached to an aromatic ring is 1. The molecule has 1 atom stereocenters. The third-order valence-corrected chi connectivity index (χ3v) is 2.03. The summed E-state index contributed by atoms with van der Waals surface area (Å²) in [4.78, 5) is 0. The number of rotatable bonds is 2. The van der Waals surface area contributed by atoms with Gasteiger partial charge in [-0.15, -0.1) is 0 Å². The van der Waals surface area contributed by atoms with Crippen LogP contribution < -0.4 is 10.5 Å². The van der Waals surface area contributed by atoms with E-state index in [0.717, 1.165) is 13.0 Å². The Balaban J connectivity index is 3.01. The molecule has 0 fully saturated rings. The van der Waals surface area contributed by atoms with Gasteiger partial charge >= 0.3 is 0 Å². The SMILES string of the molecule is CC(F)Oc1cc(N)c(Br)cc1F. The van der Waals surface area contributed by atoms with Crippen molar-refractivity contribution in [2.45, 2.75) is 13.3 Å². The summed E-state index contributed by atoms with van der Waals surface area (Å²) in [5, 5.41) is 0. The molecule has 72 valence electrons. The Hall–Kier alpha value is -0.840. The van der Waals surface area contributed by atoms with Gasteiger partial charge in [0.2, 0.25) is 6.36 Å². The molecule has 0 spiro atoms. The molecule has 1 unspecified atom stereocenters. The molecule has 0 bridgehead atoms. The van der Waals surface area contributed by atoms with Gasteiger partial charge in [-0.3, -0.25) is 0 Å². The molecule has 1 aromatic carbocycles. The van der Waals surface area contributed by atoms with Crippen molar-refractivity contribution in [2.75, 3.05) is 5.73 Å². The van der Waals surface area contributed by atoms with Gasteiger partial charge in [0.15, 0.2) is 11.6 Å². The Bertz CT molecular complexity index is 317. The molecule has 0 saturated carbocycles. The molecular weight excluding hydrogens is 244 g/mol. The molecule has 2 nitrogen and oxygen atoms in total. The highest BCUT2D eigenvalue weighted by atomic mass is 79.9. The number of benzene rings is 1. The summed E-state index contributed by atoms with van der Waals surface area (Å²) in [6, 6.07) is 2.36. The van der Waals surface area contributed by atoms with Crippen LogP contribution in [0.15, 0.2) is 16.6 Å². The first kappa shape index (κ1) is 10.2. The van der Waals surface area contributed by atoms with E-state index >= 15 is 0 Å². The van der Waals surface area contributed by atoms with E-state index in [1.165, 1.54) is 6.07 Å². The Labute approximate surface area is 82.8 Å². The Morgan fingerprint density at radius 2 is 2.15 bits per heavy atom. The fourth-order valence-electron chi connectivity index (χ4n) is 0.810. The minimum Gasteiger partial charge on any atom is -0.458 e. The van der Waals surface area contributed by atoms with Crippen molar-refractivity contribution >= 4 is 21.6 Å². The average Bonchev–Trinajstić information content (AvgIpc) is 1.99. The van der Waals surface area contributed by atoms with Crippen molar-refractivity contribution < 1.29 is 13.5 Å². The van der Waals surface area contributed by atoms with Crippen LogP contribution in [-0.2, 0) is 0 Å². The van der Waals surface area contributed by atoms with E-state index in [1.54, 1.807) is 0 Å². The molecule has 1 aromatic rings. The van der Waals surface area contributed by atoms with Gasteiger partial charge in [0.05, 0.1) is 0 Å². The van der Waals surface area contributed by atoms with E-state index in [9.17, 15) is 8.78 Å². The van der Waals surface area contributed by atoms with Gasteiger partial charge in [0, 0.05) is 23.2 Å². The van der Waals surface area contributed by atoms with E-state index in [4.69, 9.17) is 5.73 Å². The maximum absolute atomic E-state index is 13.0. The fraction of sp³-hybridized carbons (Fsp3) is 0.250. The first-order valence-electron chi connectivity index (χ1n) is 3.56. The lowest BCUT2D eigenvalue weighted by Crippen LogP contribution is -2.05. The molecule has 0 amide bonds. The van der Waals surface area contributed by atoms with E-state index in [0.29, 0.717) is 10.2 Å². The fourth-order valence-corrected chi connectivity index (χ4v) is 1.13. The van der Waals surface area contributed by atoms with Crippen molar-refractivity contribution in [2.24, 2.45) is 0 Å². The molecule has 0 aliphatic rings. The predicted molar refractivity (Wildman–Crippen MR) is 49.7 cm³/mol. The van der Waals surface area contributed by atoms with Crippen molar-refractivity contribution in [1.82, 2.24) is 0 Å². The second kappa shape index (κ2) is 3.91. The van der Waals surface area contributed by atoms with E-state index in [2.05, 4.69) is 20.7 Å². The first-order valence-corrected chi connectivity index (χ1v) is 4.35. The second-order valence-electron chi connectivity index (χ2n) is 2.47. The highest BCUT2D eigenvalue weighted by Crippen LogP contribution is 2.28. The monoisotopic (exact) mass is 251 g/mol. The number of halogens is 3. The summed E-state index contributed by atoms with van der Waals surface area (Å²) in [7, 11) is 0. The second-order valence-corrected chi connectivity index (χ2v) is 3.32. The molecule has 1 rings (SSSR count). The molecule has 5 heteroatoms. The van der Waals surface area contributed by atoms with Crippen molar-refractivity contribution in [1.29, 1.82) is 0 Å². The van der Waals surface area contributed by atoms with Gasteiger partial charge in [-0.1, -0.05) is 0 Å². The van der Waals surface area contributed by atoms with Crippen LogP contribution in [0.1, 0.15) is 6.92 Å². The summed E-state index contributed by atoms with van der Waals surface area (Å²) in [5.74, 6) is -0.832. The van der Waals surface area contributed by atoms with Crippen LogP contribution in [0.2, 0.25) is 0 Å². The molecule has 0 aromatic heterocycles. The van der Waals surface area contributed by atoms with E-state index in [-0.39, 0.29) is 5.75 Å². The smallest absolute Gasteiger partial charge is 0.235 e. The predicted octanol–water partition coefficient (Wildman–Crippen LogP) is 2.86. The number of hydrogen-bond acceptors (Lipinski definition) is 2. The maximum atomic E-state index is 13.0. The summed E-state index contributed by atoms with van der Waals surface area (Å²) >= 11 is 3.03. The molecule has 13 heavy (non-hydrogen) atoms. The van der Waals surface area contributed by atoms with Crippen LogP contribution in [-0.4, -0.2) is 6.36 Å². The molecule has 0 aliphatic heterocycles. The lowest BCUT2D eigenvalue weighted by Gasteiger charge is -2.09. The normalized spacial score (nSPS) is 12.6. The van der Waals surface area contributed by atoms with Gasteiger partial charge in [-0.05, 0) is 22.0 Å². The quantitative estimate of drug-likeness (QED) is 0.821. The minimum atomic E-state index is -1.56. The number of hydrogen-bond donors (Lipinski definition) is 1. The first-order chi connectivity index (χ1) is 6.00. The average molecular weight is 252 g/mol. The zero-order chi connectivity index (χ0) is 10.0. The zero-order valence-electron chi connectivity index (χ0n) is 6.85. The summed E-state index contributed by atoms with van der Waals surface area (Å²) in [6.45, 7) is 1.16. The Kier molecular flexibility index (Phi) is 3.08. The van der Waals surface area contributed by atoms with E-state index < -0.39 is 12.2 Å². The minimum absolute atomic E-state index is 0.185. The zero-order valence-corrected chi connectivity index (χ0v) is 8.44. The molecule has 2 N–H and O–H groups in total. The topological polar surface area (TPSA) is 35.2 Å². The van der Waals surface area contributed by atoms with Crippen LogP contribution in [0.25, 0.3) is 0 Å². The van der Waals surface area contributed by atoms with Crippen molar-refractivity contribution in [3.05, 3.63) is 22.4 Å². The standard InChI is InChI=1S/C8H8BrF2NO/c1-4(10)13-8-3-7(12)5(9)2-6(8)11/h2-4H,12H2,1H3. The van der Waals surface area contributed by atoms with Crippen LogP contribution in [0.3, 0.4) is 0 Å². The molecular formula is C8H8BrF2NO. The lowest BCUT2D eigenvalue weighted by atomic mass is 10.3. The number of alkyl halides is 1. The summed E-state index contributed by atoms with van der Waals surface area (Å²) < 4.78 is 30.3. The van der Waals surface area contributed by atoms with Crippen molar-refractivity contribution in [3.63, 3.8) is 0 Å². The van der Waals surface area contributed by atoms with Gasteiger partial charge < -0.3 is 10.5 Å². The molecule has 0 heterocycles. The van der Waals surface area contributed by atoms with Crippen molar-refractivity contribution in [3.8, 4) is 5.75 Å². The van der Waals surface area contributed by atoms with Gasteiger partial charge in [0.1, 0.15) is 0 Å². The van der Waals surface area contributed by atoms with Gasteiger partial charge in [-0.25, -0.2) is 8.78 Å². The third-order valence-electron chi connectivity index (χ3n) is 1.34. The third kappa shape index (κ3) is 2.55. The number of anilines is 1. The van der Waals surface area contributed by atoms with Crippen LogP contribution >= 0.6 is 15.9 Å². The number of ether oxygens (including phenoxy) is 1. The van der Waals surface area contributed by atoms with Crippen LogP contribution in [0, 0.1) is 5.82 Å². The maximum Gasteiger partial charge on any atom is 0.235 e.